The third-order valence-corrected chi connectivity index (χ3v) is 3.32. The van der Waals surface area contributed by atoms with E-state index in [9.17, 15) is 4.79 Å². The Hall–Kier alpha value is -1.75. The molecular weight excluding hydrogens is 254 g/mol. The normalized spacial score (nSPS) is 16.7. The van der Waals surface area contributed by atoms with E-state index in [1.807, 2.05) is 19.1 Å². The maximum atomic E-state index is 11.7. The highest BCUT2D eigenvalue weighted by Crippen LogP contribution is 2.37. The molecule has 0 saturated heterocycles. The Balaban J connectivity index is 2.09. The Labute approximate surface area is 120 Å². The number of fused-ring (bicyclic) bond motifs is 1. The van der Waals surface area contributed by atoms with Crippen molar-refractivity contribution in [2.45, 2.75) is 19.3 Å². The number of nitrogens with one attached hydrogen (secondary N) is 2. The molecule has 0 saturated carbocycles. The van der Waals surface area contributed by atoms with Gasteiger partial charge in [0.2, 0.25) is 0 Å². The number of rotatable bonds is 5. The largest absolute Gasteiger partial charge is 0.449 e. The first-order chi connectivity index (χ1) is 9.61. The van der Waals surface area contributed by atoms with E-state index in [-0.39, 0.29) is 0 Å². The molecule has 0 fully saturated rings. The number of anilines is 2. The molecule has 1 atom stereocenters. The molecular formula is C15H23N3O2. The van der Waals surface area contributed by atoms with Gasteiger partial charge < -0.3 is 15.0 Å². The van der Waals surface area contributed by atoms with Crippen LogP contribution in [0.4, 0.5) is 16.2 Å². The summed E-state index contributed by atoms with van der Waals surface area (Å²) >= 11 is 0. The van der Waals surface area contributed by atoms with E-state index >= 15 is 0 Å². The minimum Gasteiger partial charge on any atom is -0.449 e. The summed E-state index contributed by atoms with van der Waals surface area (Å²) in [5, 5.41) is 6.20. The predicted molar refractivity (Wildman–Crippen MR) is 81.5 cm³/mol. The van der Waals surface area contributed by atoms with Gasteiger partial charge in [0.1, 0.15) is 0 Å². The van der Waals surface area contributed by atoms with Gasteiger partial charge in [-0.25, -0.2) is 4.79 Å². The minimum absolute atomic E-state index is 0.391. The summed E-state index contributed by atoms with van der Waals surface area (Å²) in [6.45, 7) is 4.30. The van der Waals surface area contributed by atoms with Gasteiger partial charge in [-0.3, -0.25) is 5.32 Å². The second-order valence-corrected chi connectivity index (χ2v) is 5.37. The first-order valence-corrected chi connectivity index (χ1v) is 7.07. The Morgan fingerprint density at radius 2 is 2.30 bits per heavy atom. The summed E-state index contributed by atoms with van der Waals surface area (Å²) in [4.78, 5) is 13.8. The molecule has 1 aromatic rings. The zero-order valence-corrected chi connectivity index (χ0v) is 12.4. The molecule has 1 aromatic carbocycles. The average Bonchev–Trinajstić information content (AvgIpc) is 2.80. The van der Waals surface area contributed by atoms with Crippen LogP contribution >= 0.6 is 0 Å². The van der Waals surface area contributed by atoms with Crippen molar-refractivity contribution in [3.05, 3.63) is 23.8 Å². The second kappa shape index (κ2) is 6.61. The maximum absolute atomic E-state index is 11.7. The number of carbonyl (C=O) groups is 1. The molecule has 0 spiro atoms. The van der Waals surface area contributed by atoms with Crippen molar-refractivity contribution in [2.75, 3.05) is 44.4 Å². The smallest absolute Gasteiger partial charge is 0.411 e. The highest BCUT2D eigenvalue weighted by atomic mass is 16.5. The quantitative estimate of drug-likeness (QED) is 0.869. The van der Waals surface area contributed by atoms with Crippen LogP contribution in [0.25, 0.3) is 0 Å². The van der Waals surface area contributed by atoms with E-state index < -0.39 is 6.09 Å². The van der Waals surface area contributed by atoms with E-state index in [2.05, 4.69) is 35.7 Å². The van der Waals surface area contributed by atoms with Gasteiger partial charge in [0.05, 0.1) is 18.0 Å². The third kappa shape index (κ3) is 3.42. The summed E-state index contributed by atoms with van der Waals surface area (Å²) in [6, 6.07) is 5.99. The predicted octanol–water partition coefficient (Wildman–Crippen LogP) is 2.72. The van der Waals surface area contributed by atoms with Gasteiger partial charge in [0.15, 0.2) is 0 Å². The Bertz CT molecular complexity index is 474. The third-order valence-electron chi connectivity index (χ3n) is 3.32. The molecule has 20 heavy (non-hydrogen) atoms. The van der Waals surface area contributed by atoms with Crippen molar-refractivity contribution in [1.82, 2.24) is 4.90 Å². The molecule has 5 nitrogen and oxygen atoms in total. The number of hydrogen-bond acceptors (Lipinski definition) is 4. The first-order valence-electron chi connectivity index (χ1n) is 7.07. The van der Waals surface area contributed by atoms with Crippen molar-refractivity contribution in [2.24, 2.45) is 0 Å². The van der Waals surface area contributed by atoms with Crippen LogP contribution in [-0.4, -0.2) is 44.8 Å². The van der Waals surface area contributed by atoms with Gasteiger partial charge in [-0.05, 0) is 32.1 Å². The topological polar surface area (TPSA) is 53.6 Å². The summed E-state index contributed by atoms with van der Waals surface area (Å²) in [7, 11) is 4.14. The fourth-order valence-corrected chi connectivity index (χ4v) is 2.49. The fraction of sp³-hybridized carbons (Fsp3) is 0.533. The van der Waals surface area contributed by atoms with Crippen LogP contribution in [0.15, 0.2) is 18.2 Å². The lowest BCUT2D eigenvalue weighted by Crippen LogP contribution is -2.21. The highest BCUT2D eigenvalue weighted by molar-refractivity contribution is 5.91. The molecule has 1 unspecified atom stereocenters. The van der Waals surface area contributed by atoms with Crippen LogP contribution < -0.4 is 10.6 Å². The molecule has 2 rings (SSSR count). The lowest BCUT2D eigenvalue weighted by atomic mass is 10.0. The number of nitrogens with zero attached hydrogens (tertiary/aromatic N) is 1. The number of benzene rings is 1. The fourth-order valence-electron chi connectivity index (χ4n) is 2.49. The van der Waals surface area contributed by atoms with E-state index in [0.717, 1.165) is 30.9 Å². The SMILES string of the molecule is CCCOC(=O)Nc1cccc2c1NCC2CN(C)C. The van der Waals surface area contributed by atoms with Crippen LogP contribution in [0.5, 0.6) is 0 Å². The van der Waals surface area contributed by atoms with Crippen molar-refractivity contribution >= 4 is 17.5 Å². The van der Waals surface area contributed by atoms with Crippen molar-refractivity contribution < 1.29 is 9.53 Å². The lowest BCUT2D eigenvalue weighted by Gasteiger charge is -2.16. The number of likely N-dealkylation sites (N-methyl/N-ethyl adjacent to an activating group) is 1. The maximum Gasteiger partial charge on any atom is 0.411 e. The van der Waals surface area contributed by atoms with Gasteiger partial charge in [-0.2, -0.15) is 0 Å². The molecule has 0 bridgehead atoms. The number of carbonyl (C=O) groups excluding carboxylic acids is 1. The molecule has 1 amide bonds. The van der Waals surface area contributed by atoms with Crippen molar-refractivity contribution in [3.8, 4) is 0 Å². The van der Waals surface area contributed by atoms with Crippen molar-refractivity contribution in [1.29, 1.82) is 0 Å². The van der Waals surface area contributed by atoms with E-state index in [4.69, 9.17) is 4.74 Å². The number of para-hydroxylation sites is 1. The molecule has 1 aliphatic heterocycles. The van der Waals surface area contributed by atoms with Gasteiger partial charge in [0, 0.05) is 19.0 Å². The van der Waals surface area contributed by atoms with E-state index in [1.54, 1.807) is 0 Å². The minimum atomic E-state index is -0.391. The van der Waals surface area contributed by atoms with Crippen LogP contribution in [0, 0.1) is 0 Å². The van der Waals surface area contributed by atoms with Crippen LogP contribution in [0.3, 0.4) is 0 Å². The molecule has 0 aliphatic carbocycles. The van der Waals surface area contributed by atoms with Crippen LogP contribution in [-0.2, 0) is 4.74 Å². The Morgan fingerprint density at radius 3 is 3.00 bits per heavy atom. The molecule has 5 heteroatoms. The van der Waals surface area contributed by atoms with Gasteiger partial charge >= 0.3 is 6.09 Å². The van der Waals surface area contributed by atoms with E-state index in [0.29, 0.717) is 12.5 Å². The molecule has 0 radical (unpaired) electrons. The zero-order chi connectivity index (χ0) is 14.5. The lowest BCUT2D eigenvalue weighted by molar-refractivity contribution is 0.161. The van der Waals surface area contributed by atoms with Gasteiger partial charge in [0.25, 0.3) is 0 Å². The second-order valence-electron chi connectivity index (χ2n) is 5.37. The van der Waals surface area contributed by atoms with Crippen LogP contribution in [0.2, 0.25) is 0 Å². The van der Waals surface area contributed by atoms with E-state index in [1.165, 1.54) is 5.56 Å². The summed E-state index contributed by atoms with van der Waals surface area (Å²) in [6.07, 6.45) is 0.432. The molecule has 0 aromatic heterocycles. The monoisotopic (exact) mass is 277 g/mol. The molecule has 110 valence electrons. The standard InChI is InChI=1S/C15H23N3O2/c1-4-8-20-15(19)17-13-7-5-6-12-11(10-18(2)3)9-16-14(12)13/h5-7,11,16H,4,8-10H2,1-3H3,(H,17,19). The molecule has 1 aliphatic rings. The van der Waals surface area contributed by atoms with Crippen LogP contribution in [0.1, 0.15) is 24.8 Å². The number of amides is 1. The first kappa shape index (κ1) is 14.7. The Kier molecular flexibility index (Phi) is 4.84. The molecule has 1 heterocycles. The summed E-state index contributed by atoms with van der Waals surface area (Å²) in [5.41, 5.74) is 3.07. The highest BCUT2D eigenvalue weighted by Gasteiger charge is 2.25. The van der Waals surface area contributed by atoms with Gasteiger partial charge in [-0.15, -0.1) is 0 Å². The zero-order valence-electron chi connectivity index (χ0n) is 12.4. The Morgan fingerprint density at radius 1 is 1.50 bits per heavy atom. The van der Waals surface area contributed by atoms with Crippen molar-refractivity contribution in [3.63, 3.8) is 0 Å². The number of ether oxygens (including phenoxy) is 1. The average molecular weight is 277 g/mol. The number of hydrogen-bond donors (Lipinski definition) is 2. The summed E-state index contributed by atoms with van der Waals surface area (Å²) in [5.74, 6) is 0.452. The summed E-state index contributed by atoms with van der Waals surface area (Å²) < 4.78 is 5.06. The van der Waals surface area contributed by atoms with Gasteiger partial charge in [-0.1, -0.05) is 19.1 Å². The molecule has 2 N–H and O–H groups in total.